The highest BCUT2D eigenvalue weighted by Gasteiger charge is 2.39. The Bertz CT molecular complexity index is 509. The first kappa shape index (κ1) is 14.9. The average Bonchev–Trinajstić information content (AvgIpc) is 3.22. The second-order valence-electron chi connectivity index (χ2n) is 5.72. The summed E-state index contributed by atoms with van der Waals surface area (Å²) in [5, 5.41) is -0.284. The van der Waals surface area contributed by atoms with Crippen LogP contribution in [-0.4, -0.2) is 42.6 Å². The van der Waals surface area contributed by atoms with E-state index in [1.54, 1.807) is 4.90 Å². The number of piperazine rings is 1. The molecule has 2 fully saturated rings. The number of halogens is 4. The van der Waals surface area contributed by atoms with Crippen molar-refractivity contribution >= 4 is 17.4 Å². The maximum atomic E-state index is 13.2. The number of hydrogen-bond acceptors (Lipinski definition) is 3. The molecule has 1 aliphatic heterocycles. The van der Waals surface area contributed by atoms with Gasteiger partial charge in [-0.15, -0.1) is 0 Å². The highest BCUT2D eigenvalue weighted by molar-refractivity contribution is 6.31. The SMILES string of the molecule is FC(F)(F)c1c(Cl)ccnc1N1CCN(CC2CC2)CC1. The van der Waals surface area contributed by atoms with Crippen molar-refractivity contribution < 1.29 is 13.2 Å². The van der Waals surface area contributed by atoms with Gasteiger partial charge in [-0.3, -0.25) is 4.90 Å². The van der Waals surface area contributed by atoms with E-state index in [1.165, 1.54) is 25.1 Å². The lowest BCUT2D eigenvalue weighted by Gasteiger charge is -2.36. The number of aromatic nitrogens is 1. The monoisotopic (exact) mass is 319 g/mol. The number of nitrogens with zero attached hydrogens (tertiary/aromatic N) is 3. The Labute approximate surface area is 126 Å². The molecule has 0 aromatic carbocycles. The molecule has 0 N–H and O–H groups in total. The number of rotatable bonds is 3. The van der Waals surface area contributed by atoms with Crippen molar-refractivity contribution in [2.75, 3.05) is 37.6 Å². The van der Waals surface area contributed by atoms with Gasteiger partial charge < -0.3 is 4.90 Å². The van der Waals surface area contributed by atoms with Gasteiger partial charge in [0, 0.05) is 38.9 Å². The average molecular weight is 320 g/mol. The van der Waals surface area contributed by atoms with Gasteiger partial charge in [-0.05, 0) is 24.8 Å². The molecule has 116 valence electrons. The third-order valence-electron chi connectivity index (χ3n) is 4.05. The van der Waals surface area contributed by atoms with Gasteiger partial charge in [0.2, 0.25) is 0 Å². The van der Waals surface area contributed by atoms with E-state index >= 15 is 0 Å². The van der Waals surface area contributed by atoms with Crippen LogP contribution in [0.15, 0.2) is 12.3 Å². The van der Waals surface area contributed by atoms with Crippen LogP contribution in [0.5, 0.6) is 0 Å². The molecular weight excluding hydrogens is 303 g/mol. The number of alkyl halides is 3. The minimum absolute atomic E-state index is 0.0407. The standard InChI is InChI=1S/C14H17ClF3N3/c15-11-3-4-19-13(12(11)14(16,17)18)21-7-5-20(6-8-21)9-10-1-2-10/h3-4,10H,1-2,5-9H2. The lowest BCUT2D eigenvalue weighted by molar-refractivity contribution is -0.137. The van der Waals surface area contributed by atoms with Crippen LogP contribution in [-0.2, 0) is 6.18 Å². The van der Waals surface area contributed by atoms with E-state index < -0.39 is 11.7 Å². The first-order chi connectivity index (χ1) is 9.95. The Morgan fingerprint density at radius 2 is 1.86 bits per heavy atom. The molecule has 3 nitrogen and oxygen atoms in total. The number of pyridine rings is 1. The molecule has 0 atom stereocenters. The minimum atomic E-state index is -4.48. The number of anilines is 1. The molecule has 0 spiro atoms. The lowest BCUT2D eigenvalue weighted by Crippen LogP contribution is -2.47. The Morgan fingerprint density at radius 1 is 1.19 bits per heavy atom. The fourth-order valence-electron chi connectivity index (χ4n) is 2.74. The van der Waals surface area contributed by atoms with Gasteiger partial charge in [-0.1, -0.05) is 11.6 Å². The molecule has 21 heavy (non-hydrogen) atoms. The molecule has 0 bridgehead atoms. The molecule has 3 rings (SSSR count). The van der Waals surface area contributed by atoms with Gasteiger partial charge in [-0.2, -0.15) is 13.2 Å². The van der Waals surface area contributed by atoms with E-state index in [2.05, 4.69) is 9.88 Å². The summed E-state index contributed by atoms with van der Waals surface area (Å²) in [6.07, 6.45) is -0.572. The zero-order valence-corrected chi connectivity index (χ0v) is 12.3. The lowest BCUT2D eigenvalue weighted by atomic mass is 10.2. The summed E-state index contributed by atoms with van der Waals surface area (Å²) in [6, 6.07) is 1.19. The van der Waals surface area contributed by atoms with Crippen LogP contribution in [0.2, 0.25) is 5.02 Å². The second kappa shape index (κ2) is 5.65. The zero-order valence-electron chi connectivity index (χ0n) is 11.5. The van der Waals surface area contributed by atoms with Gasteiger partial charge in [0.05, 0.1) is 5.02 Å². The van der Waals surface area contributed by atoms with Crippen LogP contribution < -0.4 is 4.90 Å². The van der Waals surface area contributed by atoms with Crippen molar-refractivity contribution in [3.8, 4) is 0 Å². The Balaban J connectivity index is 1.74. The van der Waals surface area contributed by atoms with Crippen LogP contribution in [0.25, 0.3) is 0 Å². The van der Waals surface area contributed by atoms with Crippen LogP contribution >= 0.6 is 11.6 Å². The maximum absolute atomic E-state index is 13.2. The summed E-state index contributed by atoms with van der Waals surface area (Å²) >= 11 is 5.74. The van der Waals surface area contributed by atoms with E-state index in [4.69, 9.17) is 11.6 Å². The molecule has 2 heterocycles. The van der Waals surface area contributed by atoms with Crippen LogP contribution in [0, 0.1) is 5.92 Å². The zero-order chi connectivity index (χ0) is 15.0. The fourth-order valence-corrected chi connectivity index (χ4v) is 2.99. The fraction of sp³-hybridized carbons (Fsp3) is 0.643. The molecule has 1 aromatic rings. The summed E-state index contributed by atoms with van der Waals surface area (Å²) in [5.74, 6) is 0.757. The van der Waals surface area contributed by atoms with Gasteiger partial charge in [0.1, 0.15) is 11.4 Å². The van der Waals surface area contributed by atoms with Crippen LogP contribution in [0.4, 0.5) is 19.0 Å². The molecule has 2 aliphatic rings. The van der Waals surface area contributed by atoms with Crippen molar-refractivity contribution in [3.63, 3.8) is 0 Å². The van der Waals surface area contributed by atoms with E-state index in [1.807, 2.05) is 0 Å². The van der Waals surface area contributed by atoms with E-state index in [0.29, 0.717) is 13.1 Å². The highest BCUT2D eigenvalue weighted by Crippen LogP contribution is 2.40. The van der Waals surface area contributed by atoms with Crippen LogP contribution in [0.1, 0.15) is 18.4 Å². The van der Waals surface area contributed by atoms with E-state index in [0.717, 1.165) is 25.6 Å². The normalized spacial score (nSPS) is 20.9. The van der Waals surface area contributed by atoms with Gasteiger partial charge >= 0.3 is 6.18 Å². The molecule has 1 saturated carbocycles. The Kier molecular flexibility index (Phi) is 4.01. The van der Waals surface area contributed by atoms with Crippen molar-refractivity contribution in [3.05, 3.63) is 22.8 Å². The molecule has 0 radical (unpaired) electrons. The molecule has 0 amide bonds. The van der Waals surface area contributed by atoms with Gasteiger partial charge in [-0.25, -0.2) is 4.98 Å². The van der Waals surface area contributed by atoms with Crippen molar-refractivity contribution in [2.24, 2.45) is 5.92 Å². The quantitative estimate of drug-likeness (QED) is 0.852. The van der Waals surface area contributed by atoms with Crippen molar-refractivity contribution in [1.29, 1.82) is 0 Å². The third kappa shape index (κ3) is 3.43. The summed E-state index contributed by atoms with van der Waals surface area (Å²) in [6.45, 7) is 3.75. The summed E-state index contributed by atoms with van der Waals surface area (Å²) < 4.78 is 39.5. The molecule has 7 heteroatoms. The second-order valence-corrected chi connectivity index (χ2v) is 6.13. The Hall–Kier alpha value is -1.01. The molecular formula is C14H17ClF3N3. The summed E-state index contributed by atoms with van der Waals surface area (Å²) in [5.41, 5.74) is -0.817. The number of hydrogen-bond donors (Lipinski definition) is 0. The van der Waals surface area contributed by atoms with E-state index in [-0.39, 0.29) is 10.8 Å². The molecule has 1 aromatic heterocycles. The summed E-state index contributed by atoms with van der Waals surface area (Å²) in [7, 11) is 0. The van der Waals surface area contributed by atoms with E-state index in [9.17, 15) is 13.2 Å². The molecule has 0 unspecified atom stereocenters. The van der Waals surface area contributed by atoms with Gasteiger partial charge in [0.15, 0.2) is 0 Å². The third-order valence-corrected chi connectivity index (χ3v) is 4.36. The predicted molar refractivity (Wildman–Crippen MR) is 75.6 cm³/mol. The summed E-state index contributed by atoms with van der Waals surface area (Å²) in [4.78, 5) is 7.95. The minimum Gasteiger partial charge on any atom is -0.354 e. The largest absolute Gasteiger partial charge is 0.421 e. The predicted octanol–water partition coefficient (Wildman–Crippen LogP) is 3.29. The first-order valence-corrected chi connectivity index (χ1v) is 7.52. The molecule has 1 aliphatic carbocycles. The highest BCUT2D eigenvalue weighted by atomic mass is 35.5. The first-order valence-electron chi connectivity index (χ1n) is 7.14. The topological polar surface area (TPSA) is 19.4 Å². The van der Waals surface area contributed by atoms with Crippen LogP contribution in [0.3, 0.4) is 0 Å². The smallest absolute Gasteiger partial charge is 0.354 e. The maximum Gasteiger partial charge on any atom is 0.421 e. The van der Waals surface area contributed by atoms with Crippen molar-refractivity contribution in [1.82, 2.24) is 9.88 Å². The molecule has 1 saturated heterocycles. The van der Waals surface area contributed by atoms with Crippen molar-refractivity contribution in [2.45, 2.75) is 19.0 Å². The Morgan fingerprint density at radius 3 is 2.43 bits per heavy atom. The van der Waals surface area contributed by atoms with Gasteiger partial charge in [0.25, 0.3) is 0 Å².